The quantitative estimate of drug-likeness (QED) is 0.473. The Balaban J connectivity index is 1.55. The van der Waals surface area contributed by atoms with Crippen molar-refractivity contribution in [2.24, 2.45) is 0 Å². The summed E-state index contributed by atoms with van der Waals surface area (Å²) in [6, 6.07) is 22.1. The number of aromatic nitrogens is 1. The number of pyridine rings is 1. The van der Waals surface area contributed by atoms with E-state index in [-0.39, 0.29) is 11.8 Å². The van der Waals surface area contributed by atoms with E-state index < -0.39 is 6.10 Å². The molecule has 3 aromatic carbocycles. The first-order chi connectivity index (χ1) is 16.0. The molecule has 2 amide bonds. The lowest BCUT2D eigenvalue weighted by Crippen LogP contribution is -2.34. The third-order valence-corrected chi connectivity index (χ3v) is 5.50. The van der Waals surface area contributed by atoms with Crippen LogP contribution < -0.4 is 20.1 Å². The van der Waals surface area contributed by atoms with Gasteiger partial charge in [-0.1, -0.05) is 30.3 Å². The monoisotopic (exact) mass is 439 g/mol. The minimum atomic E-state index is -0.562. The van der Waals surface area contributed by atoms with Gasteiger partial charge in [0.2, 0.25) is 0 Å². The molecule has 2 heterocycles. The number of fused-ring (bicyclic) bond motifs is 2. The molecule has 0 spiro atoms. The molecule has 0 saturated carbocycles. The Hall–Kier alpha value is -4.39. The van der Waals surface area contributed by atoms with Crippen LogP contribution in [0.3, 0.4) is 0 Å². The molecule has 0 unspecified atom stereocenters. The lowest BCUT2D eigenvalue weighted by molar-refractivity contribution is -0.122. The largest absolute Gasteiger partial charge is 0.497 e. The Bertz CT molecular complexity index is 1390. The molecule has 5 rings (SSSR count). The zero-order chi connectivity index (χ0) is 22.9. The summed E-state index contributed by atoms with van der Waals surface area (Å²) < 4.78 is 10.9. The van der Waals surface area contributed by atoms with Gasteiger partial charge in [-0.2, -0.15) is 0 Å². The van der Waals surface area contributed by atoms with Crippen molar-refractivity contribution in [2.45, 2.75) is 13.0 Å². The Labute approximate surface area is 190 Å². The summed E-state index contributed by atoms with van der Waals surface area (Å²) in [4.78, 5) is 30.1. The van der Waals surface area contributed by atoms with Crippen LogP contribution in [-0.4, -0.2) is 30.0 Å². The summed E-state index contributed by atoms with van der Waals surface area (Å²) in [6.45, 7) is 1.68. The van der Waals surface area contributed by atoms with Crippen LogP contribution in [0.5, 0.6) is 11.5 Å². The van der Waals surface area contributed by atoms with Crippen LogP contribution in [-0.2, 0) is 4.79 Å². The molecule has 1 aliphatic heterocycles. The van der Waals surface area contributed by atoms with Gasteiger partial charge in [-0.15, -0.1) is 0 Å². The second-order valence-corrected chi connectivity index (χ2v) is 7.72. The fourth-order valence-corrected chi connectivity index (χ4v) is 3.76. The van der Waals surface area contributed by atoms with E-state index in [1.165, 1.54) is 0 Å². The van der Waals surface area contributed by atoms with Gasteiger partial charge in [-0.3, -0.25) is 9.59 Å². The number of carbonyl (C=O) groups is 2. The van der Waals surface area contributed by atoms with Crippen LogP contribution in [0.15, 0.2) is 72.8 Å². The van der Waals surface area contributed by atoms with Crippen LogP contribution in [0, 0.1) is 0 Å². The third-order valence-electron chi connectivity index (χ3n) is 5.50. The molecule has 7 heteroatoms. The van der Waals surface area contributed by atoms with Crippen molar-refractivity contribution in [3.05, 3.63) is 78.4 Å². The van der Waals surface area contributed by atoms with E-state index in [4.69, 9.17) is 14.5 Å². The van der Waals surface area contributed by atoms with Crippen LogP contribution >= 0.6 is 0 Å². The highest BCUT2D eigenvalue weighted by Gasteiger charge is 2.24. The number of benzene rings is 3. The molecule has 33 heavy (non-hydrogen) atoms. The van der Waals surface area contributed by atoms with Crippen molar-refractivity contribution in [3.8, 4) is 22.8 Å². The number of ether oxygens (including phenoxy) is 2. The summed E-state index contributed by atoms with van der Waals surface area (Å²) in [7, 11) is 1.58. The molecule has 7 nitrogen and oxygen atoms in total. The maximum absolute atomic E-state index is 13.4. The minimum absolute atomic E-state index is 0.231. The number of carbonyl (C=O) groups excluding carboxylic acids is 2. The SMILES string of the molecule is COc1ccc2nc(-c3ccccc3)cc(C(=O)Nc3ccc4c(c3)NC(=O)[C@@H](C)O4)c2c1. The van der Waals surface area contributed by atoms with Gasteiger partial charge in [0.1, 0.15) is 11.5 Å². The first kappa shape index (κ1) is 20.5. The highest BCUT2D eigenvalue weighted by Crippen LogP contribution is 2.33. The van der Waals surface area contributed by atoms with Crippen molar-refractivity contribution in [3.63, 3.8) is 0 Å². The topological polar surface area (TPSA) is 89.5 Å². The van der Waals surface area contributed by atoms with Crippen molar-refractivity contribution >= 4 is 34.1 Å². The van der Waals surface area contributed by atoms with E-state index in [1.54, 1.807) is 44.4 Å². The average molecular weight is 439 g/mol. The zero-order valence-electron chi connectivity index (χ0n) is 18.1. The molecule has 0 aliphatic carbocycles. The molecule has 4 aromatic rings. The summed E-state index contributed by atoms with van der Waals surface area (Å²) in [5.41, 5.74) is 3.80. The van der Waals surface area contributed by atoms with E-state index in [0.29, 0.717) is 45.0 Å². The molecule has 1 atom stereocenters. The van der Waals surface area contributed by atoms with E-state index >= 15 is 0 Å². The van der Waals surface area contributed by atoms with Crippen molar-refractivity contribution < 1.29 is 19.1 Å². The van der Waals surface area contributed by atoms with Gasteiger partial charge in [-0.05, 0) is 49.4 Å². The van der Waals surface area contributed by atoms with E-state index in [2.05, 4.69) is 10.6 Å². The van der Waals surface area contributed by atoms with Gasteiger partial charge >= 0.3 is 0 Å². The lowest BCUT2D eigenvalue weighted by Gasteiger charge is -2.23. The zero-order valence-corrected chi connectivity index (χ0v) is 18.1. The second kappa shape index (κ2) is 8.27. The summed E-state index contributed by atoms with van der Waals surface area (Å²) >= 11 is 0. The molecular weight excluding hydrogens is 418 g/mol. The lowest BCUT2D eigenvalue weighted by atomic mass is 10.0. The minimum Gasteiger partial charge on any atom is -0.497 e. The van der Waals surface area contributed by atoms with E-state index in [0.717, 1.165) is 5.56 Å². The van der Waals surface area contributed by atoms with Crippen LogP contribution in [0.25, 0.3) is 22.2 Å². The summed E-state index contributed by atoms with van der Waals surface area (Å²) in [5.74, 6) is 0.661. The molecule has 164 valence electrons. The highest BCUT2D eigenvalue weighted by atomic mass is 16.5. The van der Waals surface area contributed by atoms with Crippen LogP contribution in [0.2, 0.25) is 0 Å². The third kappa shape index (κ3) is 3.96. The Kier molecular flexibility index (Phi) is 5.14. The number of nitrogens with one attached hydrogen (secondary N) is 2. The van der Waals surface area contributed by atoms with E-state index in [9.17, 15) is 9.59 Å². The number of amides is 2. The number of rotatable bonds is 4. The number of nitrogens with zero attached hydrogens (tertiary/aromatic N) is 1. The molecule has 0 radical (unpaired) electrons. The predicted molar refractivity (Wildman–Crippen MR) is 127 cm³/mol. The predicted octanol–water partition coefficient (Wildman–Crippen LogP) is 4.88. The average Bonchev–Trinajstić information content (AvgIpc) is 2.84. The number of hydrogen-bond acceptors (Lipinski definition) is 5. The molecule has 1 aliphatic rings. The first-order valence-electron chi connectivity index (χ1n) is 10.5. The molecule has 0 bridgehead atoms. The van der Waals surface area contributed by atoms with Gasteiger partial charge in [-0.25, -0.2) is 4.98 Å². The maximum Gasteiger partial charge on any atom is 0.265 e. The number of anilines is 2. The molecule has 0 saturated heterocycles. The number of hydrogen-bond donors (Lipinski definition) is 2. The fourth-order valence-electron chi connectivity index (χ4n) is 3.76. The second-order valence-electron chi connectivity index (χ2n) is 7.72. The van der Waals surface area contributed by atoms with Gasteiger partial charge in [0.05, 0.1) is 29.6 Å². The molecule has 0 fully saturated rings. The van der Waals surface area contributed by atoms with E-state index in [1.807, 2.05) is 42.5 Å². The summed E-state index contributed by atoms with van der Waals surface area (Å²) in [5, 5.41) is 6.40. The van der Waals surface area contributed by atoms with Crippen LogP contribution in [0.1, 0.15) is 17.3 Å². The van der Waals surface area contributed by atoms with Gasteiger partial charge < -0.3 is 20.1 Å². The van der Waals surface area contributed by atoms with Gasteiger partial charge in [0, 0.05) is 16.6 Å². The van der Waals surface area contributed by atoms with Gasteiger partial charge in [0.15, 0.2) is 6.10 Å². The normalized spacial score (nSPS) is 14.7. The first-order valence-corrected chi connectivity index (χ1v) is 10.5. The molecule has 2 N–H and O–H groups in total. The Morgan fingerprint density at radius 3 is 2.67 bits per heavy atom. The fraction of sp³-hybridized carbons (Fsp3) is 0.115. The standard InChI is InChI=1S/C26H21N3O4/c1-15-25(30)29-23-12-17(8-11-24(23)33-15)27-26(31)20-14-22(16-6-4-3-5-7-16)28-21-10-9-18(32-2)13-19(20)21/h3-15H,1-2H3,(H,27,31)(H,29,30)/t15-/m1/s1. The van der Waals surface area contributed by atoms with Crippen molar-refractivity contribution in [1.29, 1.82) is 0 Å². The Morgan fingerprint density at radius 1 is 1.06 bits per heavy atom. The number of methoxy groups -OCH3 is 1. The van der Waals surface area contributed by atoms with Crippen molar-refractivity contribution in [2.75, 3.05) is 17.7 Å². The molecular formula is C26H21N3O4. The maximum atomic E-state index is 13.4. The summed E-state index contributed by atoms with van der Waals surface area (Å²) in [6.07, 6.45) is -0.562. The highest BCUT2D eigenvalue weighted by molar-refractivity contribution is 6.13. The van der Waals surface area contributed by atoms with Crippen LogP contribution in [0.4, 0.5) is 11.4 Å². The van der Waals surface area contributed by atoms with Crippen molar-refractivity contribution in [1.82, 2.24) is 4.98 Å². The Morgan fingerprint density at radius 2 is 1.88 bits per heavy atom. The molecule has 1 aromatic heterocycles. The van der Waals surface area contributed by atoms with Gasteiger partial charge in [0.25, 0.3) is 11.8 Å². The smallest absolute Gasteiger partial charge is 0.265 e.